The molecule has 0 spiro atoms. The zero-order chi connectivity index (χ0) is 14.9. The topological polar surface area (TPSA) is 118 Å². The van der Waals surface area contributed by atoms with E-state index in [0.29, 0.717) is 0 Å². The Morgan fingerprint density at radius 2 is 1.85 bits per heavy atom. The lowest BCUT2D eigenvalue weighted by atomic mass is 10.1. The number of hydrogen-bond donors (Lipinski definition) is 3. The van der Waals surface area contributed by atoms with Crippen LogP contribution in [0.4, 0.5) is 11.5 Å². The Labute approximate surface area is 115 Å². The number of sulfonamides is 1. The molecule has 0 saturated heterocycles. The first-order chi connectivity index (χ1) is 9.29. The molecule has 0 bridgehead atoms. The molecule has 0 amide bonds. The van der Waals surface area contributed by atoms with Crippen LogP contribution in [0.5, 0.6) is 0 Å². The number of aryl methyl sites for hydroxylation is 2. The van der Waals surface area contributed by atoms with E-state index in [9.17, 15) is 13.2 Å². The van der Waals surface area contributed by atoms with E-state index < -0.39 is 15.6 Å². The summed E-state index contributed by atoms with van der Waals surface area (Å²) >= 11 is 0. The lowest BCUT2D eigenvalue weighted by molar-refractivity contribution is 0.601. The van der Waals surface area contributed by atoms with Crippen LogP contribution in [0, 0.1) is 13.8 Å². The summed E-state index contributed by atoms with van der Waals surface area (Å²) in [6, 6.07) is 5.55. The first-order valence-corrected chi connectivity index (χ1v) is 7.23. The van der Waals surface area contributed by atoms with Crippen molar-refractivity contribution in [2.75, 3.05) is 10.5 Å². The highest BCUT2D eigenvalue weighted by Crippen LogP contribution is 2.24. The Morgan fingerprint density at radius 3 is 2.45 bits per heavy atom. The highest BCUT2D eigenvalue weighted by atomic mass is 32.2. The normalized spacial score (nSPS) is 11.3. The van der Waals surface area contributed by atoms with Crippen LogP contribution < -0.4 is 16.0 Å². The fourth-order valence-corrected chi connectivity index (χ4v) is 2.84. The van der Waals surface area contributed by atoms with Gasteiger partial charge in [-0.2, -0.15) is 5.10 Å². The van der Waals surface area contributed by atoms with E-state index in [0.717, 1.165) is 11.1 Å². The average molecular weight is 294 g/mol. The van der Waals surface area contributed by atoms with Gasteiger partial charge in [-0.3, -0.25) is 9.52 Å². The summed E-state index contributed by atoms with van der Waals surface area (Å²) < 4.78 is 26.8. The van der Waals surface area contributed by atoms with Gasteiger partial charge in [0.1, 0.15) is 4.90 Å². The van der Waals surface area contributed by atoms with E-state index in [-0.39, 0.29) is 16.4 Å². The molecule has 0 aliphatic carbocycles. The highest BCUT2D eigenvalue weighted by Gasteiger charge is 2.19. The molecule has 0 aliphatic heterocycles. The van der Waals surface area contributed by atoms with E-state index in [1.165, 1.54) is 18.2 Å². The van der Waals surface area contributed by atoms with Gasteiger partial charge < -0.3 is 5.73 Å². The third kappa shape index (κ3) is 2.80. The number of aromatic nitrogens is 2. The van der Waals surface area contributed by atoms with Crippen LogP contribution in [0.2, 0.25) is 0 Å². The number of H-pyrrole nitrogens is 1. The van der Waals surface area contributed by atoms with Gasteiger partial charge in [0, 0.05) is 6.07 Å². The molecule has 1 aromatic carbocycles. The Hall–Kier alpha value is -2.35. The van der Waals surface area contributed by atoms with Crippen molar-refractivity contribution in [1.29, 1.82) is 0 Å². The summed E-state index contributed by atoms with van der Waals surface area (Å²) in [7, 11) is -3.86. The first-order valence-electron chi connectivity index (χ1n) is 5.75. The Bertz CT molecular complexity index is 791. The van der Waals surface area contributed by atoms with Crippen LogP contribution in [-0.4, -0.2) is 18.6 Å². The Morgan fingerprint density at radius 1 is 1.20 bits per heavy atom. The number of benzene rings is 1. The van der Waals surface area contributed by atoms with Gasteiger partial charge in [0.15, 0.2) is 5.82 Å². The minimum Gasteiger partial charge on any atom is -0.398 e. The van der Waals surface area contributed by atoms with Crippen LogP contribution in [0.3, 0.4) is 0 Å². The SMILES string of the molecule is Cc1cc(N)c(S(=O)(=O)Nc2ccc(=O)[nH]n2)cc1C. The number of aromatic amines is 1. The second kappa shape index (κ2) is 4.97. The van der Waals surface area contributed by atoms with Crippen molar-refractivity contribution in [3.63, 3.8) is 0 Å². The van der Waals surface area contributed by atoms with Gasteiger partial charge in [-0.15, -0.1) is 0 Å². The largest absolute Gasteiger partial charge is 0.398 e. The number of rotatable bonds is 3. The third-order valence-corrected chi connectivity index (χ3v) is 4.24. The van der Waals surface area contributed by atoms with Gasteiger partial charge in [0.25, 0.3) is 15.6 Å². The zero-order valence-corrected chi connectivity index (χ0v) is 11.8. The molecule has 1 aromatic heterocycles. The number of nitrogens with two attached hydrogens (primary N) is 1. The van der Waals surface area contributed by atoms with Gasteiger partial charge in [-0.1, -0.05) is 0 Å². The number of nitrogen functional groups attached to an aromatic ring is 1. The van der Waals surface area contributed by atoms with E-state index >= 15 is 0 Å². The number of nitrogens with one attached hydrogen (secondary N) is 2. The molecular weight excluding hydrogens is 280 g/mol. The van der Waals surface area contributed by atoms with Crippen molar-refractivity contribution < 1.29 is 8.42 Å². The van der Waals surface area contributed by atoms with Gasteiger partial charge in [-0.25, -0.2) is 13.5 Å². The predicted molar refractivity (Wildman–Crippen MR) is 76.0 cm³/mol. The Balaban J connectivity index is 2.43. The Kier molecular flexibility index (Phi) is 3.49. The summed E-state index contributed by atoms with van der Waals surface area (Å²) in [5, 5.41) is 5.74. The van der Waals surface area contributed by atoms with Crippen molar-refractivity contribution in [3.8, 4) is 0 Å². The average Bonchev–Trinajstić information content (AvgIpc) is 2.36. The molecule has 4 N–H and O–H groups in total. The lowest BCUT2D eigenvalue weighted by Gasteiger charge is -2.11. The molecule has 20 heavy (non-hydrogen) atoms. The van der Waals surface area contributed by atoms with Gasteiger partial charge in [0.2, 0.25) is 0 Å². The smallest absolute Gasteiger partial charge is 0.265 e. The number of nitrogens with zero attached hydrogens (tertiary/aromatic N) is 1. The zero-order valence-electron chi connectivity index (χ0n) is 11.0. The van der Waals surface area contributed by atoms with E-state index in [1.54, 1.807) is 13.0 Å². The molecule has 8 heteroatoms. The molecule has 0 unspecified atom stereocenters. The fourth-order valence-electron chi connectivity index (χ4n) is 1.64. The van der Waals surface area contributed by atoms with Crippen LogP contribution in [0.25, 0.3) is 0 Å². The van der Waals surface area contributed by atoms with Crippen molar-refractivity contribution in [1.82, 2.24) is 10.2 Å². The molecule has 0 aliphatic rings. The standard InChI is InChI=1S/C12H14N4O3S/c1-7-5-9(13)10(6-8(7)2)20(18,19)16-11-3-4-12(17)15-14-11/h3-6H,13H2,1-2H3,(H,14,16)(H,15,17). The quantitative estimate of drug-likeness (QED) is 0.723. The van der Waals surface area contributed by atoms with Crippen molar-refractivity contribution >= 4 is 21.5 Å². The molecule has 0 fully saturated rings. The fraction of sp³-hybridized carbons (Fsp3) is 0.167. The second-order valence-corrected chi connectivity index (χ2v) is 6.04. The van der Waals surface area contributed by atoms with Crippen molar-refractivity contribution in [2.24, 2.45) is 0 Å². The van der Waals surface area contributed by atoms with Crippen LogP contribution in [0.15, 0.2) is 34.0 Å². The van der Waals surface area contributed by atoms with E-state index in [2.05, 4.69) is 14.9 Å². The van der Waals surface area contributed by atoms with E-state index in [4.69, 9.17) is 5.73 Å². The number of hydrogen-bond acceptors (Lipinski definition) is 5. The molecule has 0 radical (unpaired) electrons. The van der Waals surface area contributed by atoms with Gasteiger partial charge in [0.05, 0.1) is 5.69 Å². The number of anilines is 2. The molecule has 0 atom stereocenters. The maximum absolute atomic E-state index is 12.2. The van der Waals surface area contributed by atoms with Crippen LogP contribution >= 0.6 is 0 Å². The molecule has 1 heterocycles. The summed E-state index contributed by atoms with van der Waals surface area (Å²) in [4.78, 5) is 10.9. The first kappa shape index (κ1) is 14.1. The maximum Gasteiger partial charge on any atom is 0.265 e. The second-order valence-electron chi connectivity index (χ2n) is 4.39. The predicted octanol–water partition coefficient (Wildman–Crippen LogP) is 0.770. The van der Waals surface area contributed by atoms with Gasteiger partial charge >= 0.3 is 0 Å². The van der Waals surface area contributed by atoms with Crippen LogP contribution in [-0.2, 0) is 10.0 Å². The molecule has 2 aromatic rings. The molecule has 7 nitrogen and oxygen atoms in total. The molecular formula is C12H14N4O3S. The lowest BCUT2D eigenvalue weighted by Crippen LogP contribution is -2.18. The van der Waals surface area contributed by atoms with Crippen LogP contribution in [0.1, 0.15) is 11.1 Å². The summed E-state index contributed by atoms with van der Waals surface area (Å²) in [5.74, 6) is 0.0160. The molecule has 2 rings (SSSR count). The van der Waals surface area contributed by atoms with Crippen molar-refractivity contribution in [3.05, 3.63) is 45.7 Å². The van der Waals surface area contributed by atoms with E-state index in [1.807, 2.05) is 6.92 Å². The van der Waals surface area contributed by atoms with Gasteiger partial charge in [-0.05, 0) is 43.2 Å². The maximum atomic E-state index is 12.2. The summed E-state index contributed by atoms with van der Waals surface area (Å²) in [6.45, 7) is 3.64. The monoisotopic (exact) mass is 294 g/mol. The molecule has 106 valence electrons. The molecule has 0 saturated carbocycles. The highest BCUT2D eigenvalue weighted by molar-refractivity contribution is 7.92. The third-order valence-electron chi connectivity index (χ3n) is 2.83. The minimum atomic E-state index is -3.86. The summed E-state index contributed by atoms with van der Waals surface area (Å²) in [6.07, 6.45) is 0. The minimum absolute atomic E-state index is 0.0160. The summed E-state index contributed by atoms with van der Waals surface area (Å²) in [5.41, 5.74) is 7.22. The van der Waals surface area contributed by atoms with Crippen molar-refractivity contribution in [2.45, 2.75) is 18.7 Å².